The van der Waals surface area contributed by atoms with E-state index in [4.69, 9.17) is 15.6 Å². The number of methoxy groups -OCH3 is 1. The minimum atomic E-state index is -0.749. The Morgan fingerprint density at radius 1 is 1.59 bits per heavy atom. The van der Waals surface area contributed by atoms with E-state index in [-0.39, 0.29) is 18.0 Å². The van der Waals surface area contributed by atoms with Gasteiger partial charge in [-0.15, -0.1) is 0 Å². The molecule has 0 saturated carbocycles. The molecule has 0 heterocycles. The fourth-order valence-corrected chi connectivity index (χ4v) is 1.51. The molecule has 0 spiro atoms. The molecule has 94 valence electrons. The Labute approximate surface area is 99.2 Å². The molecule has 6 nitrogen and oxygen atoms in total. The van der Waals surface area contributed by atoms with E-state index in [9.17, 15) is 10.1 Å². The number of nitro benzene ring substituents is 1. The molecule has 0 aliphatic heterocycles. The number of rotatable bonds is 5. The molecule has 1 atom stereocenters. The van der Waals surface area contributed by atoms with E-state index in [0.717, 1.165) is 5.56 Å². The molecule has 17 heavy (non-hydrogen) atoms. The van der Waals surface area contributed by atoms with Crippen LogP contribution in [0.1, 0.15) is 12.5 Å². The first-order chi connectivity index (χ1) is 7.89. The van der Waals surface area contributed by atoms with Gasteiger partial charge in [0.25, 0.3) is 0 Å². The highest BCUT2D eigenvalue weighted by atomic mass is 16.6. The summed E-state index contributed by atoms with van der Waals surface area (Å²) >= 11 is 0. The van der Waals surface area contributed by atoms with Gasteiger partial charge in [0.05, 0.1) is 18.6 Å². The average Bonchev–Trinajstić information content (AvgIpc) is 2.28. The van der Waals surface area contributed by atoms with Crippen molar-refractivity contribution in [1.82, 2.24) is 0 Å². The number of hydrogen-bond donors (Lipinski definition) is 2. The van der Waals surface area contributed by atoms with Crippen LogP contribution in [0.5, 0.6) is 5.75 Å². The second kappa shape index (κ2) is 5.11. The van der Waals surface area contributed by atoms with Gasteiger partial charge in [-0.05, 0) is 25.0 Å². The maximum atomic E-state index is 10.7. The predicted molar refractivity (Wildman–Crippen MR) is 63.0 cm³/mol. The molecule has 0 fully saturated rings. The zero-order valence-corrected chi connectivity index (χ0v) is 9.84. The molecule has 0 bridgehead atoms. The van der Waals surface area contributed by atoms with Gasteiger partial charge in [0.2, 0.25) is 0 Å². The Balaban J connectivity index is 3.02. The van der Waals surface area contributed by atoms with Crippen LogP contribution in [0, 0.1) is 10.1 Å². The first-order valence-electron chi connectivity index (χ1n) is 5.10. The molecule has 0 saturated heterocycles. The second-order valence-electron chi connectivity index (χ2n) is 4.25. The largest absolute Gasteiger partial charge is 0.490 e. The average molecular weight is 240 g/mol. The van der Waals surface area contributed by atoms with Crippen molar-refractivity contribution in [1.29, 1.82) is 0 Å². The number of nitrogens with two attached hydrogens (primary N) is 1. The molecule has 0 aliphatic rings. The van der Waals surface area contributed by atoms with E-state index < -0.39 is 10.5 Å². The van der Waals surface area contributed by atoms with Gasteiger partial charge in [-0.3, -0.25) is 10.1 Å². The van der Waals surface area contributed by atoms with Crippen molar-refractivity contribution >= 4 is 5.69 Å². The van der Waals surface area contributed by atoms with E-state index in [1.807, 2.05) is 0 Å². The lowest BCUT2D eigenvalue weighted by atomic mass is 9.94. The van der Waals surface area contributed by atoms with Crippen molar-refractivity contribution in [3.05, 3.63) is 33.9 Å². The van der Waals surface area contributed by atoms with Crippen molar-refractivity contribution < 1.29 is 14.8 Å². The molecule has 0 radical (unpaired) electrons. The van der Waals surface area contributed by atoms with E-state index in [1.54, 1.807) is 19.1 Å². The van der Waals surface area contributed by atoms with E-state index in [2.05, 4.69) is 0 Å². The lowest BCUT2D eigenvalue weighted by Crippen LogP contribution is -2.42. The van der Waals surface area contributed by atoms with Crippen LogP contribution in [0.2, 0.25) is 0 Å². The summed E-state index contributed by atoms with van der Waals surface area (Å²) in [4.78, 5) is 10.2. The van der Waals surface area contributed by atoms with Gasteiger partial charge in [-0.1, -0.05) is 6.07 Å². The number of aliphatic hydroxyl groups is 1. The molecule has 1 rings (SSSR count). The van der Waals surface area contributed by atoms with Crippen LogP contribution in [0.4, 0.5) is 5.69 Å². The summed E-state index contributed by atoms with van der Waals surface area (Å²) < 4.78 is 4.95. The summed E-state index contributed by atoms with van der Waals surface area (Å²) in [7, 11) is 1.37. The van der Waals surface area contributed by atoms with Crippen LogP contribution >= 0.6 is 0 Å². The van der Waals surface area contributed by atoms with E-state index in [0.29, 0.717) is 6.42 Å². The first-order valence-corrected chi connectivity index (χ1v) is 5.10. The van der Waals surface area contributed by atoms with Crippen LogP contribution in [-0.2, 0) is 6.42 Å². The van der Waals surface area contributed by atoms with Crippen LogP contribution in [0.3, 0.4) is 0 Å². The minimum absolute atomic E-state index is 0.0843. The predicted octanol–water partition coefficient (Wildman–Crippen LogP) is 0.856. The van der Waals surface area contributed by atoms with Gasteiger partial charge in [-0.2, -0.15) is 0 Å². The highest BCUT2D eigenvalue weighted by Gasteiger charge is 2.20. The van der Waals surface area contributed by atoms with Crippen LogP contribution in [0.25, 0.3) is 0 Å². The van der Waals surface area contributed by atoms with Gasteiger partial charge in [0, 0.05) is 11.6 Å². The number of benzene rings is 1. The van der Waals surface area contributed by atoms with Gasteiger partial charge < -0.3 is 15.6 Å². The molecule has 0 aromatic heterocycles. The van der Waals surface area contributed by atoms with Crippen molar-refractivity contribution in [2.75, 3.05) is 13.7 Å². The zero-order valence-electron chi connectivity index (χ0n) is 9.84. The Hall–Kier alpha value is -1.66. The topological polar surface area (TPSA) is 98.6 Å². The van der Waals surface area contributed by atoms with E-state index >= 15 is 0 Å². The zero-order chi connectivity index (χ0) is 13.1. The highest BCUT2D eigenvalue weighted by Crippen LogP contribution is 2.28. The monoisotopic (exact) mass is 240 g/mol. The summed E-state index contributed by atoms with van der Waals surface area (Å²) in [6.45, 7) is 1.55. The van der Waals surface area contributed by atoms with Crippen molar-refractivity contribution in [2.24, 2.45) is 5.73 Å². The van der Waals surface area contributed by atoms with Gasteiger partial charge in [-0.25, -0.2) is 0 Å². The van der Waals surface area contributed by atoms with Gasteiger partial charge >= 0.3 is 5.69 Å². The summed E-state index contributed by atoms with van der Waals surface area (Å²) in [6, 6.07) is 4.56. The molecule has 1 aromatic carbocycles. The Morgan fingerprint density at radius 3 is 2.71 bits per heavy atom. The smallest absolute Gasteiger partial charge is 0.310 e. The molecule has 6 heteroatoms. The third kappa shape index (κ3) is 3.40. The van der Waals surface area contributed by atoms with Crippen molar-refractivity contribution in [3.8, 4) is 5.75 Å². The number of aliphatic hydroxyl groups excluding tert-OH is 1. The quantitative estimate of drug-likeness (QED) is 0.587. The number of ether oxygens (including phenoxy) is 1. The van der Waals surface area contributed by atoms with Crippen LogP contribution < -0.4 is 10.5 Å². The first kappa shape index (κ1) is 13.4. The molecule has 1 unspecified atom stereocenters. The fourth-order valence-electron chi connectivity index (χ4n) is 1.51. The maximum Gasteiger partial charge on any atom is 0.310 e. The number of nitrogens with zero attached hydrogens (tertiary/aromatic N) is 1. The van der Waals surface area contributed by atoms with Crippen molar-refractivity contribution in [2.45, 2.75) is 18.9 Å². The molecular weight excluding hydrogens is 224 g/mol. The lowest BCUT2D eigenvalue weighted by molar-refractivity contribution is -0.385. The summed E-state index contributed by atoms with van der Waals surface area (Å²) in [5.41, 5.74) is 5.76. The van der Waals surface area contributed by atoms with E-state index in [1.165, 1.54) is 13.2 Å². The molecule has 0 amide bonds. The Kier molecular flexibility index (Phi) is 4.03. The highest BCUT2D eigenvalue weighted by molar-refractivity contribution is 5.48. The third-order valence-electron chi connectivity index (χ3n) is 2.41. The minimum Gasteiger partial charge on any atom is -0.490 e. The van der Waals surface area contributed by atoms with Crippen LogP contribution in [0.15, 0.2) is 18.2 Å². The fraction of sp³-hybridized carbons (Fsp3) is 0.455. The second-order valence-corrected chi connectivity index (χ2v) is 4.25. The van der Waals surface area contributed by atoms with Gasteiger partial charge in [0.15, 0.2) is 5.75 Å². The van der Waals surface area contributed by atoms with Gasteiger partial charge in [0.1, 0.15) is 0 Å². The summed E-state index contributed by atoms with van der Waals surface area (Å²) in [5, 5.41) is 19.8. The molecule has 0 aliphatic carbocycles. The van der Waals surface area contributed by atoms with Crippen molar-refractivity contribution in [3.63, 3.8) is 0 Å². The Morgan fingerprint density at radius 2 is 2.24 bits per heavy atom. The standard InChI is InChI=1S/C11H16N2O4/c1-11(12,7-14)6-8-3-4-9(13(15)16)10(5-8)17-2/h3-5,14H,6-7,12H2,1-2H3. The number of hydrogen-bond acceptors (Lipinski definition) is 5. The molecular formula is C11H16N2O4. The summed E-state index contributed by atoms with van der Waals surface area (Å²) in [5.74, 6) is 0.196. The SMILES string of the molecule is COc1cc(CC(C)(N)CO)ccc1[N+](=O)[O-]. The Bertz CT molecular complexity index is 418. The van der Waals surface area contributed by atoms with Crippen LogP contribution in [-0.4, -0.2) is 29.3 Å². The lowest BCUT2D eigenvalue weighted by Gasteiger charge is -2.21. The summed E-state index contributed by atoms with van der Waals surface area (Å²) in [6.07, 6.45) is 0.415. The number of nitro groups is 1. The normalized spacial score (nSPS) is 14.1. The third-order valence-corrected chi connectivity index (χ3v) is 2.41. The molecule has 3 N–H and O–H groups in total. The molecule has 1 aromatic rings. The maximum absolute atomic E-state index is 10.7.